The number of hydrogen-bond donors (Lipinski definition) is 1. The van der Waals surface area contributed by atoms with Crippen molar-refractivity contribution in [3.8, 4) is 17.2 Å². The molecule has 2 heterocycles. The van der Waals surface area contributed by atoms with Crippen molar-refractivity contribution in [1.29, 1.82) is 0 Å². The van der Waals surface area contributed by atoms with Crippen molar-refractivity contribution in [3.63, 3.8) is 0 Å². The van der Waals surface area contributed by atoms with Crippen LogP contribution in [0.5, 0.6) is 17.2 Å². The molecule has 0 radical (unpaired) electrons. The van der Waals surface area contributed by atoms with Gasteiger partial charge in [-0.1, -0.05) is 0 Å². The number of aryl methyl sites for hydroxylation is 1. The van der Waals surface area contributed by atoms with Gasteiger partial charge in [-0.2, -0.15) is 0 Å². The van der Waals surface area contributed by atoms with Gasteiger partial charge >= 0.3 is 0 Å². The Kier molecular flexibility index (Phi) is 5.72. The molecule has 0 saturated carbocycles. The summed E-state index contributed by atoms with van der Waals surface area (Å²) >= 11 is 0. The molecule has 1 fully saturated rings. The van der Waals surface area contributed by atoms with Crippen LogP contribution in [0.3, 0.4) is 0 Å². The highest BCUT2D eigenvalue weighted by Crippen LogP contribution is 2.27. The van der Waals surface area contributed by atoms with E-state index in [1.807, 2.05) is 0 Å². The summed E-state index contributed by atoms with van der Waals surface area (Å²) in [6, 6.07) is 11.6. The summed E-state index contributed by atoms with van der Waals surface area (Å²) in [6.07, 6.45) is 2.09. The number of carbonyl (C=O) groups excluding carboxylic acids is 1. The maximum absolute atomic E-state index is 12.8. The standard InChI is InChI=1S/C23H23NO6/c1-14-22(21(25)19-10-9-17(27-2)12-20(19)29-14)30-16-7-5-15(6-8-16)23(26)24-13-18-4-3-11-28-18/h5-10,12,18H,3-4,11,13H2,1-2H3,(H,24,26)/t18-/m0/s1. The van der Waals surface area contributed by atoms with Crippen LogP contribution in [0.1, 0.15) is 29.0 Å². The Morgan fingerprint density at radius 2 is 1.93 bits per heavy atom. The lowest BCUT2D eigenvalue weighted by molar-refractivity contribution is 0.0858. The molecular formula is C23H23NO6. The molecule has 0 spiro atoms. The molecule has 4 rings (SSSR count). The van der Waals surface area contributed by atoms with E-state index in [-0.39, 0.29) is 23.2 Å². The Labute approximate surface area is 173 Å². The van der Waals surface area contributed by atoms with Crippen molar-refractivity contribution < 1.29 is 23.4 Å². The van der Waals surface area contributed by atoms with Crippen LogP contribution in [0.15, 0.2) is 51.7 Å². The molecule has 3 aromatic rings. The van der Waals surface area contributed by atoms with Crippen LogP contribution >= 0.6 is 0 Å². The fraction of sp³-hybridized carbons (Fsp3) is 0.304. The minimum absolute atomic E-state index is 0.0895. The highest BCUT2D eigenvalue weighted by Gasteiger charge is 2.17. The predicted octanol–water partition coefficient (Wildman–Crippen LogP) is 3.81. The van der Waals surface area contributed by atoms with E-state index in [9.17, 15) is 9.59 Å². The highest BCUT2D eigenvalue weighted by molar-refractivity contribution is 5.94. The highest BCUT2D eigenvalue weighted by atomic mass is 16.5. The lowest BCUT2D eigenvalue weighted by Crippen LogP contribution is -2.31. The monoisotopic (exact) mass is 409 g/mol. The topological polar surface area (TPSA) is 87.0 Å². The normalized spacial score (nSPS) is 15.9. The zero-order chi connectivity index (χ0) is 21.1. The zero-order valence-corrected chi connectivity index (χ0v) is 16.9. The summed E-state index contributed by atoms with van der Waals surface area (Å²) in [5, 5.41) is 3.28. The average Bonchev–Trinajstić information content (AvgIpc) is 3.28. The molecule has 2 aromatic carbocycles. The average molecular weight is 409 g/mol. The first-order valence-electron chi connectivity index (χ1n) is 9.84. The summed E-state index contributed by atoms with van der Waals surface area (Å²) in [7, 11) is 1.55. The molecule has 1 aliphatic heterocycles. The fourth-order valence-electron chi connectivity index (χ4n) is 3.42. The van der Waals surface area contributed by atoms with Crippen molar-refractivity contribution >= 4 is 16.9 Å². The SMILES string of the molecule is COc1ccc2c(=O)c(Oc3ccc(C(=O)NC[C@@H]4CCCO4)cc3)c(C)oc2c1. The van der Waals surface area contributed by atoms with Gasteiger partial charge in [0.05, 0.1) is 18.6 Å². The van der Waals surface area contributed by atoms with E-state index in [4.69, 9.17) is 18.6 Å². The number of carbonyl (C=O) groups is 1. The van der Waals surface area contributed by atoms with Crippen LogP contribution in [-0.4, -0.2) is 32.3 Å². The van der Waals surface area contributed by atoms with E-state index in [1.165, 1.54) is 0 Å². The number of fused-ring (bicyclic) bond motifs is 1. The number of benzene rings is 2. The largest absolute Gasteiger partial charge is 0.497 e. The second kappa shape index (κ2) is 8.59. The van der Waals surface area contributed by atoms with Gasteiger partial charge in [0, 0.05) is 24.8 Å². The third kappa shape index (κ3) is 4.16. The number of amides is 1. The molecule has 1 atom stereocenters. The van der Waals surface area contributed by atoms with Crippen molar-refractivity contribution in [3.05, 3.63) is 64.0 Å². The Morgan fingerprint density at radius 3 is 2.63 bits per heavy atom. The number of nitrogens with one attached hydrogen (secondary N) is 1. The first-order valence-corrected chi connectivity index (χ1v) is 9.84. The zero-order valence-electron chi connectivity index (χ0n) is 16.9. The molecule has 1 aliphatic rings. The molecular weight excluding hydrogens is 386 g/mol. The summed E-state index contributed by atoms with van der Waals surface area (Å²) in [5.41, 5.74) is 0.673. The molecule has 1 N–H and O–H groups in total. The number of methoxy groups -OCH3 is 1. The van der Waals surface area contributed by atoms with Gasteiger partial charge < -0.3 is 23.9 Å². The second-order valence-electron chi connectivity index (χ2n) is 7.15. The Balaban J connectivity index is 1.49. The van der Waals surface area contributed by atoms with Crippen molar-refractivity contribution in [2.45, 2.75) is 25.9 Å². The molecule has 30 heavy (non-hydrogen) atoms. The summed E-state index contributed by atoms with van der Waals surface area (Å²) < 4.78 is 22.2. The van der Waals surface area contributed by atoms with E-state index in [0.29, 0.717) is 40.3 Å². The maximum atomic E-state index is 12.8. The van der Waals surface area contributed by atoms with E-state index in [0.717, 1.165) is 19.4 Å². The van der Waals surface area contributed by atoms with E-state index in [2.05, 4.69) is 5.32 Å². The van der Waals surface area contributed by atoms with Crippen LogP contribution in [0.4, 0.5) is 0 Å². The molecule has 1 amide bonds. The van der Waals surface area contributed by atoms with Gasteiger partial charge in [0.1, 0.15) is 22.8 Å². The summed E-state index contributed by atoms with van der Waals surface area (Å²) in [6.45, 7) is 2.92. The third-order valence-corrected chi connectivity index (χ3v) is 5.07. The lowest BCUT2D eigenvalue weighted by Gasteiger charge is -2.12. The maximum Gasteiger partial charge on any atom is 0.251 e. The number of ether oxygens (including phenoxy) is 3. The van der Waals surface area contributed by atoms with Crippen LogP contribution in [0, 0.1) is 6.92 Å². The molecule has 7 nitrogen and oxygen atoms in total. The van der Waals surface area contributed by atoms with Gasteiger partial charge in [-0.05, 0) is 56.2 Å². The molecule has 7 heteroatoms. The summed E-state index contributed by atoms with van der Waals surface area (Å²) in [5.74, 6) is 1.34. The smallest absolute Gasteiger partial charge is 0.251 e. The molecule has 0 unspecified atom stereocenters. The minimum atomic E-state index is -0.269. The lowest BCUT2D eigenvalue weighted by atomic mass is 10.2. The first kappa shape index (κ1) is 20.0. The summed E-state index contributed by atoms with van der Waals surface area (Å²) in [4.78, 5) is 25.1. The third-order valence-electron chi connectivity index (χ3n) is 5.07. The Morgan fingerprint density at radius 1 is 1.17 bits per heavy atom. The van der Waals surface area contributed by atoms with Crippen LogP contribution in [0.2, 0.25) is 0 Å². The van der Waals surface area contributed by atoms with Gasteiger partial charge in [-0.15, -0.1) is 0 Å². The van der Waals surface area contributed by atoms with E-state index < -0.39 is 0 Å². The van der Waals surface area contributed by atoms with Crippen LogP contribution < -0.4 is 20.2 Å². The van der Waals surface area contributed by atoms with Crippen molar-refractivity contribution in [2.75, 3.05) is 20.3 Å². The van der Waals surface area contributed by atoms with Gasteiger partial charge in [0.25, 0.3) is 5.91 Å². The number of rotatable bonds is 6. The van der Waals surface area contributed by atoms with E-state index in [1.54, 1.807) is 56.5 Å². The van der Waals surface area contributed by atoms with Crippen molar-refractivity contribution in [1.82, 2.24) is 5.32 Å². The van der Waals surface area contributed by atoms with Gasteiger partial charge in [-0.25, -0.2) is 0 Å². The van der Waals surface area contributed by atoms with Gasteiger partial charge in [0.15, 0.2) is 0 Å². The molecule has 0 bridgehead atoms. The first-order chi connectivity index (χ1) is 14.5. The Hall–Kier alpha value is -3.32. The van der Waals surface area contributed by atoms with Gasteiger partial charge in [0.2, 0.25) is 11.2 Å². The van der Waals surface area contributed by atoms with Gasteiger partial charge in [-0.3, -0.25) is 9.59 Å². The Bertz CT molecular complexity index is 1110. The minimum Gasteiger partial charge on any atom is -0.497 e. The van der Waals surface area contributed by atoms with Crippen molar-refractivity contribution in [2.24, 2.45) is 0 Å². The molecule has 156 valence electrons. The second-order valence-corrected chi connectivity index (χ2v) is 7.15. The molecule has 1 saturated heterocycles. The molecule has 0 aliphatic carbocycles. The van der Waals surface area contributed by atoms with Crippen LogP contribution in [0.25, 0.3) is 11.0 Å². The fourth-order valence-corrected chi connectivity index (χ4v) is 3.42. The molecule has 1 aromatic heterocycles. The van der Waals surface area contributed by atoms with E-state index >= 15 is 0 Å². The predicted molar refractivity (Wildman–Crippen MR) is 112 cm³/mol. The van der Waals surface area contributed by atoms with Crippen LogP contribution in [-0.2, 0) is 4.74 Å². The number of hydrogen-bond acceptors (Lipinski definition) is 6. The quantitative estimate of drug-likeness (QED) is 0.666.